The first kappa shape index (κ1) is 24.4. The second-order valence-corrected chi connectivity index (χ2v) is 9.75. The summed E-state index contributed by atoms with van der Waals surface area (Å²) in [7, 11) is 1.61. The number of anilines is 2. The molecule has 1 unspecified atom stereocenters. The Morgan fingerprint density at radius 3 is 2.54 bits per heavy atom. The quantitative estimate of drug-likeness (QED) is 0.273. The third-order valence-electron chi connectivity index (χ3n) is 5.01. The molecule has 0 saturated carbocycles. The third kappa shape index (κ3) is 6.26. The fourth-order valence-electron chi connectivity index (χ4n) is 3.18. The van der Waals surface area contributed by atoms with Crippen molar-refractivity contribution in [2.24, 2.45) is 0 Å². The molecule has 1 heterocycles. The number of methoxy groups -OCH3 is 1. The van der Waals surface area contributed by atoms with E-state index in [-0.39, 0.29) is 11.5 Å². The highest BCUT2D eigenvalue weighted by Gasteiger charge is 2.17. The molecule has 9 heteroatoms. The molecule has 0 aliphatic rings. The Kier molecular flexibility index (Phi) is 7.79. The minimum Gasteiger partial charge on any atom is -0.497 e. The highest BCUT2D eigenvalue weighted by molar-refractivity contribution is 8.00. The smallest absolute Gasteiger partial charge is 0.258 e. The lowest BCUT2D eigenvalue weighted by molar-refractivity contribution is -0.115. The predicted octanol–water partition coefficient (Wildman–Crippen LogP) is 6.33. The van der Waals surface area contributed by atoms with E-state index in [1.165, 1.54) is 41.3 Å². The number of halogens is 1. The molecule has 2 N–H and O–H groups in total. The van der Waals surface area contributed by atoms with Gasteiger partial charge in [0.1, 0.15) is 11.6 Å². The number of amides is 2. The standard InChI is InChI=1S/C26H22FN3O3S2/c1-16(24(31)30-26-29-23(15-34-26)17-10-12-19(33-2)13-11-17)35-20-7-5-6-18(14-20)28-25(32)21-8-3-4-9-22(21)27/h3-16H,1-2H3,(H,28,32)(H,29,30,31). The summed E-state index contributed by atoms with van der Waals surface area (Å²) >= 11 is 2.70. The number of aromatic nitrogens is 1. The molecule has 3 aromatic carbocycles. The zero-order valence-corrected chi connectivity index (χ0v) is 20.6. The maximum atomic E-state index is 13.9. The van der Waals surface area contributed by atoms with Crippen molar-refractivity contribution in [3.05, 3.63) is 89.6 Å². The lowest BCUT2D eigenvalue weighted by Crippen LogP contribution is -2.22. The van der Waals surface area contributed by atoms with Crippen LogP contribution in [0.1, 0.15) is 17.3 Å². The molecule has 0 saturated heterocycles. The largest absolute Gasteiger partial charge is 0.497 e. The van der Waals surface area contributed by atoms with Gasteiger partial charge in [-0.3, -0.25) is 9.59 Å². The Balaban J connectivity index is 1.36. The number of hydrogen-bond donors (Lipinski definition) is 2. The third-order valence-corrected chi connectivity index (χ3v) is 6.86. The fourth-order valence-corrected chi connectivity index (χ4v) is 4.83. The van der Waals surface area contributed by atoms with Crippen LogP contribution in [0.4, 0.5) is 15.2 Å². The predicted molar refractivity (Wildman–Crippen MR) is 139 cm³/mol. The summed E-state index contributed by atoms with van der Waals surface area (Å²) in [5.74, 6) is -0.545. The van der Waals surface area contributed by atoms with Gasteiger partial charge < -0.3 is 15.4 Å². The number of rotatable bonds is 8. The summed E-state index contributed by atoms with van der Waals surface area (Å²) < 4.78 is 19.0. The van der Waals surface area contributed by atoms with Crippen LogP contribution in [0.3, 0.4) is 0 Å². The molecule has 4 aromatic rings. The minimum absolute atomic E-state index is 0.0317. The van der Waals surface area contributed by atoms with E-state index in [2.05, 4.69) is 15.6 Å². The van der Waals surface area contributed by atoms with Crippen molar-refractivity contribution in [3.8, 4) is 17.0 Å². The second-order valence-electron chi connectivity index (χ2n) is 7.48. The van der Waals surface area contributed by atoms with Crippen molar-refractivity contribution >= 4 is 45.7 Å². The van der Waals surface area contributed by atoms with Gasteiger partial charge in [0.25, 0.3) is 5.91 Å². The lowest BCUT2D eigenvalue weighted by atomic mass is 10.2. The van der Waals surface area contributed by atoms with Gasteiger partial charge in [-0.2, -0.15) is 0 Å². The Morgan fingerprint density at radius 2 is 1.80 bits per heavy atom. The van der Waals surface area contributed by atoms with E-state index in [0.717, 1.165) is 21.9 Å². The number of benzene rings is 3. The molecule has 1 atom stereocenters. The Labute approximate surface area is 210 Å². The topological polar surface area (TPSA) is 80.3 Å². The number of thioether (sulfide) groups is 1. The van der Waals surface area contributed by atoms with E-state index in [1.807, 2.05) is 35.7 Å². The van der Waals surface area contributed by atoms with E-state index in [9.17, 15) is 14.0 Å². The molecule has 178 valence electrons. The molecule has 0 bridgehead atoms. The molecule has 0 radical (unpaired) electrons. The normalized spacial score (nSPS) is 11.5. The van der Waals surface area contributed by atoms with Gasteiger partial charge in [-0.25, -0.2) is 9.37 Å². The molecule has 0 spiro atoms. The number of carbonyl (C=O) groups is 2. The van der Waals surface area contributed by atoms with Crippen molar-refractivity contribution in [1.82, 2.24) is 4.98 Å². The van der Waals surface area contributed by atoms with Crippen LogP contribution >= 0.6 is 23.1 Å². The van der Waals surface area contributed by atoms with Crippen molar-refractivity contribution in [2.45, 2.75) is 17.1 Å². The van der Waals surface area contributed by atoms with Crippen LogP contribution in [0.2, 0.25) is 0 Å². The Bertz CT molecular complexity index is 1340. The molecular formula is C26H22FN3O3S2. The van der Waals surface area contributed by atoms with Gasteiger partial charge in [-0.1, -0.05) is 18.2 Å². The first-order chi connectivity index (χ1) is 16.9. The molecule has 0 fully saturated rings. The van der Waals surface area contributed by atoms with Gasteiger partial charge >= 0.3 is 0 Å². The van der Waals surface area contributed by atoms with Crippen LogP contribution in [0.15, 0.2) is 83.1 Å². The average Bonchev–Trinajstić information content (AvgIpc) is 3.33. The second kappa shape index (κ2) is 11.2. The number of hydrogen-bond acceptors (Lipinski definition) is 6. The summed E-state index contributed by atoms with van der Waals surface area (Å²) in [5, 5.41) is 7.54. The molecule has 0 aliphatic heterocycles. The Hall–Kier alpha value is -3.69. The van der Waals surface area contributed by atoms with Gasteiger partial charge in [-0.05, 0) is 61.5 Å². The summed E-state index contributed by atoms with van der Waals surface area (Å²) in [6, 6.07) is 20.4. The van der Waals surface area contributed by atoms with Gasteiger partial charge in [0, 0.05) is 21.5 Å². The number of nitrogens with one attached hydrogen (secondary N) is 2. The SMILES string of the molecule is COc1ccc(-c2csc(NC(=O)C(C)Sc3cccc(NC(=O)c4ccccc4F)c3)n2)cc1. The first-order valence-corrected chi connectivity index (χ1v) is 12.4. The molecule has 2 amide bonds. The van der Waals surface area contributed by atoms with Crippen molar-refractivity contribution < 1.29 is 18.7 Å². The molecular weight excluding hydrogens is 485 g/mol. The number of thiazole rings is 1. The zero-order chi connectivity index (χ0) is 24.8. The molecule has 4 rings (SSSR count). The highest BCUT2D eigenvalue weighted by atomic mass is 32.2. The van der Waals surface area contributed by atoms with E-state index in [0.29, 0.717) is 10.8 Å². The van der Waals surface area contributed by atoms with Crippen LogP contribution < -0.4 is 15.4 Å². The average molecular weight is 508 g/mol. The van der Waals surface area contributed by atoms with Gasteiger partial charge in [-0.15, -0.1) is 23.1 Å². The van der Waals surface area contributed by atoms with Gasteiger partial charge in [0.2, 0.25) is 5.91 Å². The van der Waals surface area contributed by atoms with Crippen LogP contribution in [0.5, 0.6) is 5.75 Å². The van der Waals surface area contributed by atoms with Crippen molar-refractivity contribution in [1.29, 1.82) is 0 Å². The molecule has 6 nitrogen and oxygen atoms in total. The van der Waals surface area contributed by atoms with Gasteiger partial charge in [0.05, 0.1) is 23.6 Å². The summed E-state index contributed by atoms with van der Waals surface area (Å²) in [4.78, 5) is 30.4. The molecule has 1 aromatic heterocycles. The van der Waals surface area contributed by atoms with E-state index in [1.54, 1.807) is 38.3 Å². The summed E-state index contributed by atoms with van der Waals surface area (Å²) in [6.45, 7) is 1.79. The summed E-state index contributed by atoms with van der Waals surface area (Å²) in [6.07, 6.45) is 0. The van der Waals surface area contributed by atoms with E-state index in [4.69, 9.17) is 4.74 Å². The van der Waals surface area contributed by atoms with Gasteiger partial charge in [0.15, 0.2) is 5.13 Å². The number of nitrogens with zero attached hydrogens (tertiary/aromatic N) is 1. The maximum Gasteiger partial charge on any atom is 0.258 e. The zero-order valence-electron chi connectivity index (χ0n) is 18.9. The highest BCUT2D eigenvalue weighted by Crippen LogP contribution is 2.29. The van der Waals surface area contributed by atoms with Crippen molar-refractivity contribution in [3.63, 3.8) is 0 Å². The van der Waals surface area contributed by atoms with Crippen LogP contribution in [-0.2, 0) is 4.79 Å². The van der Waals surface area contributed by atoms with Crippen LogP contribution in [0, 0.1) is 5.82 Å². The number of carbonyl (C=O) groups excluding carboxylic acids is 2. The molecule has 0 aliphatic carbocycles. The molecule has 35 heavy (non-hydrogen) atoms. The first-order valence-electron chi connectivity index (χ1n) is 10.7. The van der Waals surface area contributed by atoms with E-state index >= 15 is 0 Å². The minimum atomic E-state index is -0.585. The van der Waals surface area contributed by atoms with Crippen LogP contribution in [-0.4, -0.2) is 29.2 Å². The monoisotopic (exact) mass is 507 g/mol. The number of ether oxygens (including phenoxy) is 1. The van der Waals surface area contributed by atoms with E-state index < -0.39 is 17.0 Å². The fraction of sp³-hybridized carbons (Fsp3) is 0.115. The summed E-state index contributed by atoms with van der Waals surface area (Å²) in [5.41, 5.74) is 2.18. The lowest BCUT2D eigenvalue weighted by Gasteiger charge is -2.12. The Morgan fingerprint density at radius 1 is 1.03 bits per heavy atom. The maximum absolute atomic E-state index is 13.9. The van der Waals surface area contributed by atoms with Crippen LogP contribution in [0.25, 0.3) is 11.3 Å². The van der Waals surface area contributed by atoms with Crippen molar-refractivity contribution in [2.75, 3.05) is 17.7 Å².